The Morgan fingerprint density at radius 3 is 2.68 bits per heavy atom. The molecule has 4 heteroatoms. The maximum absolute atomic E-state index is 12.3. The molecule has 0 aliphatic carbocycles. The predicted molar refractivity (Wildman–Crippen MR) is 77.5 cm³/mol. The van der Waals surface area contributed by atoms with Gasteiger partial charge in [-0.15, -0.1) is 0 Å². The number of carbonyl (C=O) groups excluding carboxylic acids is 1. The van der Waals surface area contributed by atoms with Crippen molar-refractivity contribution >= 4 is 5.91 Å². The number of rotatable bonds is 6. The molecule has 0 aliphatic rings. The summed E-state index contributed by atoms with van der Waals surface area (Å²) in [7, 11) is 1.81. The highest BCUT2D eigenvalue weighted by Gasteiger charge is 2.14. The van der Waals surface area contributed by atoms with E-state index in [2.05, 4.69) is 0 Å². The van der Waals surface area contributed by atoms with Crippen LogP contribution < -0.4 is 10.5 Å². The van der Waals surface area contributed by atoms with E-state index >= 15 is 0 Å². The van der Waals surface area contributed by atoms with Gasteiger partial charge in [0.1, 0.15) is 5.75 Å². The Morgan fingerprint density at radius 1 is 1.47 bits per heavy atom. The first-order chi connectivity index (χ1) is 8.99. The number of nitrogens with two attached hydrogens (primary N) is 1. The van der Waals surface area contributed by atoms with Gasteiger partial charge in [-0.1, -0.05) is 6.92 Å². The molecule has 0 fully saturated rings. The third kappa shape index (κ3) is 4.24. The minimum absolute atomic E-state index is 0.0199. The summed E-state index contributed by atoms with van der Waals surface area (Å²) >= 11 is 0. The molecule has 2 N–H and O–H groups in total. The summed E-state index contributed by atoms with van der Waals surface area (Å²) < 4.78 is 5.47. The van der Waals surface area contributed by atoms with Gasteiger partial charge >= 0.3 is 0 Å². The fourth-order valence-electron chi connectivity index (χ4n) is 1.95. The van der Waals surface area contributed by atoms with Crippen LogP contribution in [0.2, 0.25) is 0 Å². The van der Waals surface area contributed by atoms with E-state index in [1.807, 2.05) is 39.0 Å². The van der Waals surface area contributed by atoms with Gasteiger partial charge in [-0.05, 0) is 50.1 Å². The summed E-state index contributed by atoms with van der Waals surface area (Å²) in [5.41, 5.74) is 7.25. The molecule has 0 saturated carbocycles. The van der Waals surface area contributed by atoms with E-state index in [1.54, 1.807) is 11.9 Å². The van der Waals surface area contributed by atoms with Crippen LogP contribution in [-0.2, 0) is 0 Å². The molecular formula is C15H24N2O2. The number of benzene rings is 1. The van der Waals surface area contributed by atoms with E-state index in [9.17, 15) is 4.79 Å². The second-order valence-corrected chi connectivity index (χ2v) is 4.94. The number of nitrogens with zero attached hydrogens (tertiary/aromatic N) is 1. The Hall–Kier alpha value is -1.55. The van der Waals surface area contributed by atoms with Crippen molar-refractivity contribution < 1.29 is 9.53 Å². The summed E-state index contributed by atoms with van der Waals surface area (Å²) in [6.07, 6.45) is 0. The Morgan fingerprint density at radius 2 is 2.16 bits per heavy atom. The molecule has 1 aromatic carbocycles. The lowest BCUT2D eigenvalue weighted by atomic mass is 10.1. The van der Waals surface area contributed by atoms with Gasteiger partial charge in [0, 0.05) is 19.2 Å². The van der Waals surface area contributed by atoms with Gasteiger partial charge < -0.3 is 15.4 Å². The molecule has 0 spiro atoms. The van der Waals surface area contributed by atoms with Crippen molar-refractivity contribution in [3.05, 3.63) is 29.3 Å². The smallest absolute Gasteiger partial charge is 0.253 e. The van der Waals surface area contributed by atoms with Gasteiger partial charge in [-0.2, -0.15) is 0 Å². The molecule has 0 aromatic heterocycles. The van der Waals surface area contributed by atoms with Crippen LogP contribution in [-0.4, -0.2) is 37.6 Å². The van der Waals surface area contributed by atoms with Crippen LogP contribution in [0.15, 0.2) is 18.2 Å². The van der Waals surface area contributed by atoms with Crippen LogP contribution in [0.3, 0.4) is 0 Å². The van der Waals surface area contributed by atoms with Gasteiger partial charge in [-0.3, -0.25) is 4.79 Å². The van der Waals surface area contributed by atoms with E-state index in [0.29, 0.717) is 31.2 Å². The van der Waals surface area contributed by atoms with Crippen LogP contribution in [0.25, 0.3) is 0 Å². The summed E-state index contributed by atoms with van der Waals surface area (Å²) in [6.45, 7) is 7.81. The summed E-state index contributed by atoms with van der Waals surface area (Å²) in [5.74, 6) is 1.15. The highest BCUT2D eigenvalue weighted by atomic mass is 16.5. The van der Waals surface area contributed by atoms with E-state index in [-0.39, 0.29) is 5.91 Å². The molecule has 0 heterocycles. The molecule has 0 bridgehead atoms. The van der Waals surface area contributed by atoms with Crippen LogP contribution in [0.5, 0.6) is 5.75 Å². The lowest BCUT2D eigenvalue weighted by Crippen LogP contribution is -2.33. The molecule has 1 unspecified atom stereocenters. The zero-order valence-electron chi connectivity index (χ0n) is 12.3. The SMILES string of the molecule is CCOc1ccc(C(=O)N(C)CC(C)CN)cc1C. The molecule has 0 radical (unpaired) electrons. The molecule has 0 saturated heterocycles. The zero-order chi connectivity index (χ0) is 14.4. The second kappa shape index (κ2) is 7.14. The van der Waals surface area contributed by atoms with Gasteiger partial charge in [-0.25, -0.2) is 0 Å². The van der Waals surface area contributed by atoms with Gasteiger partial charge in [0.2, 0.25) is 0 Å². The maximum atomic E-state index is 12.3. The Labute approximate surface area is 115 Å². The molecule has 4 nitrogen and oxygen atoms in total. The van der Waals surface area contributed by atoms with Gasteiger partial charge in [0.15, 0.2) is 0 Å². The molecule has 1 atom stereocenters. The second-order valence-electron chi connectivity index (χ2n) is 4.94. The third-order valence-electron chi connectivity index (χ3n) is 3.06. The minimum Gasteiger partial charge on any atom is -0.494 e. The number of aryl methyl sites for hydroxylation is 1. The maximum Gasteiger partial charge on any atom is 0.253 e. The van der Waals surface area contributed by atoms with Crippen LogP contribution in [0.4, 0.5) is 0 Å². The summed E-state index contributed by atoms with van der Waals surface area (Å²) in [4.78, 5) is 14.0. The largest absolute Gasteiger partial charge is 0.494 e. The standard InChI is InChI=1S/C15H24N2O2/c1-5-19-14-7-6-13(8-12(14)3)15(18)17(4)10-11(2)9-16/h6-8,11H,5,9-10,16H2,1-4H3. The van der Waals surface area contributed by atoms with Crippen molar-refractivity contribution in [1.29, 1.82) is 0 Å². The molecular weight excluding hydrogens is 240 g/mol. The highest BCUT2D eigenvalue weighted by Crippen LogP contribution is 2.20. The topological polar surface area (TPSA) is 55.6 Å². The zero-order valence-corrected chi connectivity index (χ0v) is 12.3. The normalized spacial score (nSPS) is 12.1. The first kappa shape index (κ1) is 15.5. The summed E-state index contributed by atoms with van der Waals surface area (Å²) in [5, 5.41) is 0. The fraction of sp³-hybridized carbons (Fsp3) is 0.533. The average molecular weight is 264 g/mol. The third-order valence-corrected chi connectivity index (χ3v) is 3.06. The van der Waals surface area contributed by atoms with Crippen LogP contribution in [0, 0.1) is 12.8 Å². The average Bonchev–Trinajstić information content (AvgIpc) is 2.40. The fourth-order valence-corrected chi connectivity index (χ4v) is 1.95. The van der Waals surface area contributed by atoms with Crippen molar-refractivity contribution in [2.24, 2.45) is 11.7 Å². The monoisotopic (exact) mass is 264 g/mol. The Kier molecular flexibility index (Phi) is 5.83. The van der Waals surface area contributed by atoms with E-state index < -0.39 is 0 Å². The molecule has 1 aromatic rings. The van der Waals surface area contributed by atoms with Gasteiger partial charge in [0.25, 0.3) is 5.91 Å². The quantitative estimate of drug-likeness (QED) is 0.855. The van der Waals surface area contributed by atoms with E-state index in [0.717, 1.165) is 11.3 Å². The lowest BCUT2D eigenvalue weighted by molar-refractivity contribution is 0.0777. The summed E-state index contributed by atoms with van der Waals surface area (Å²) in [6, 6.07) is 5.53. The number of hydrogen-bond donors (Lipinski definition) is 1. The highest BCUT2D eigenvalue weighted by molar-refractivity contribution is 5.94. The lowest BCUT2D eigenvalue weighted by Gasteiger charge is -2.21. The molecule has 1 rings (SSSR count). The first-order valence-corrected chi connectivity index (χ1v) is 6.68. The number of hydrogen-bond acceptors (Lipinski definition) is 3. The molecule has 0 aliphatic heterocycles. The predicted octanol–water partition coefficient (Wildman–Crippen LogP) is 2.06. The van der Waals surface area contributed by atoms with Crippen molar-refractivity contribution in [1.82, 2.24) is 4.90 Å². The van der Waals surface area contributed by atoms with Crippen molar-refractivity contribution in [3.8, 4) is 5.75 Å². The first-order valence-electron chi connectivity index (χ1n) is 6.68. The van der Waals surface area contributed by atoms with E-state index in [1.165, 1.54) is 0 Å². The number of amides is 1. The Bertz CT molecular complexity index is 432. The van der Waals surface area contributed by atoms with Crippen molar-refractivity contribution in [3.63, 3.8) is 0 Å². The molecule has 106 valence electrons. The minimum atomic E-state index is 0.0199. The molecule has 19 heavy (non-hydrogen) atoms. The Balaban J connectivity index is 2.79. The number of ether oxygens (including phenoxy) is 1. The van der Waals surface area contributed by atoms with Crippen molar-refractivity contribution in [2.75, 3.05) is 26.7 Å². The molecule has 1 amide bonds. The van der Waals surface area contributed by atoms with Gasteiger partial charge in [0.05, 0.1) is 6.61 Å². The van der Waals surface area contributed by atoms with Crippen molar-refractivity contribution in [2.45, 2.75) is 20.8 Å². The van der Waals surface area contributed by atoms with Crippen LogP contribution >= 0.6 is 0 Å². The van der Waals surface area contributed by atoms with Crippen LogP contribution in [0.1, 0.15) is 29.8 Å². The van der Waals surface area contributed by atoms with E-state index in [4.69, 9.17) is 10.5 Å². The number of carbonyl (C=O) groups is 1.